The molecule has 2 rings (SSSR count). The molecular weight excluding hydrogens is 318 g/mol. The van der Waals surface area contributed by atoms with Gasteiger partial charge in [0.15, 0.2) is 0 Å². The molecule has 0 saturated carbocycles. The standard InChI is InChI=1S/C12H9BrClN3O/c1-7-2-3-8(5-15-7)12(18)17-9-4-10(13)11(14)16-6-9/h2-6H,1H3,(H,17,18). The van der Waals surface area contributed by atoms with Crippen LogP contribution in [0, 0.1) is 6.92 Å². The van der Waals surface area contributed by atoms with E-state index < -0.39 is 0 Å². The van der Waals surface area contributed by atoms with E-state index >= 15 is 0 Å². The van der Waals surface area contributed by atoms with Crippen LogP contribution in [0.1, 0.15) is 16.1 Å². The van der Waals surface area contributed by atoms with E-state index in [1.807, 2.05) is 6.92 Å². The van der Waals surface area contributed by atoms with Gasteiger partial charge in [-0.15, -0.1) is 0 Å². The fraction of sp³-hybridized carbons (Fsp3) is 0.0833. The van der Waals surface area contributed by atoms with Gasteiger partial charge < -0.3 is 5.32 Å². The molecule has 2 aromatic rings. The van der Waals surface area contributed by atoms with Crippen LogP contribution >= 0.6 is 27.5 Å². The number of nitrogens with zero attached hydrogens (tertiary/aromatic N) is 2. The minimum absolute atomic E-state index is 0.237. The quantitative estimate of drug-likeness (QED) is 0.860. The number of nitrogens with one attached hydrogen (secondary N) is 1. The molecule has 0 aliphatic rings. The van der Waals surface area contributed by atoms with Crippen LogP contribution in [-0.2, 0) is 0 Å². The molecule has 2 heterocycles. The Morgan fingerprint density at radius 2 is 2.11 bits per heavy atom. The van der Waals surface area contributed by atoms with Crippen LogP contribution in [0.3, 0.4) is 0 Å². The number of amides is 1. The molecule has 1 N–H and O–H groups in total. The summed E-state index contributed by atoms with van der Waals surface area (Å²) in [6.45, 7) is 1.86. The lowest BCUT2D eigenvalue weighted by atomic mass is 10.2. The predicted molar refractivity (Wildman–Crippen MR) is 73.9 cm³/mol. The molecule has 0 atom stereocenters. The minimum atomic E-state index is -0.237. The number of carbonyl (C=O) groups excluding carboxylic acids is 1. The number of pyridine rings is 2. The van der Waals surface area contributed by atoms with Crippen molar-refractivity contribution < 1.29 is 4.79 Å². The zero-order chi connectivity index (χ0) is 13.1. The second-order valence-electron chi connectivity index (χ2n) is 3.64. The Bertz CT molecular complexity index is 586. The van der Waals surface area contributed by atoms with Gasteiger partial charge in [-0.1, -0.05) is 11.6 Å². The van der Waals surface area contributed by atoms with Crippen LogP contribution < -0.4 is 5.32 Å². The van der Waals surface area contributed by atoms with Crippen molar-refractivity contribution >= 4 is 39.1 Å². The Balaban J connectivity index is 2.16. The summed E-state index contributed by atoms with van der Waals surface area (Å²) < 4.78 is 0.629. The van der Waals surface area contributed by atoms with Crippen molar-refractivity contribution in [2.24, 2.45) is 0 Å². The fourth-order valence-corrected chi connectivity index (χ4v) is 1.75. The Hall–Kier alpha value is -1.46. The Morgan fingerprint density at radius 1 is 1.33 bits per heavy atom. The highest BCUT2D eigenvalue weighted by molar-refractivity contribution is 9.10. The van der Waals surface area contributed by atoms with E-state index in [4.69, 9.17) is 11.6 Å². The van der Waals surface area contributed by atoms with Crippen molar-refractivity contribution in [2.75, 3.05) is 5.32 Å². The maximum atomic E-state index is 11.9. The zero-order valence-corrected chi connectivity index (χ0v) is 11.8. The highest BCUT2D eigenvalue weighted by Gasteiger charge is 2.07. The summed E-state index contributed by atoms with van der Waals surface area (Å²) in [5.41, 5.74) is 1.92. The number of aryl methyl sites for hydroxylation is 1. The van der Waals surface area contributed by atoms with Crippen LogP contribution in [0.15, 0.2) is 35.1 Å². The molecule has 0 radical (unpaired) electrons. The molecule has 2 aromatic heterocycles. The Morgan fingerprint density at radius 3 is 2.72 bits per heavy atom. The third-order valence-corrected chi connectivity index (χ3v) is 3.36. The van der Waals surface area contributed by atoms with E-state index in [1.54, 1.807) is 18.2 Å². The maximum absolute atomic E-state index is 11.9. The first-order valence-corrected chi connectivity index (χ1v) is 6.28. The summed E-state index contributed by atoms with van der Waals surface area (Å²) in [5, 5.41) is 3.07. The van der Waals surface area contributed by atoms with E-state index in [1.165, 1.54) is 12.4 Å². The van der Waals surface area contributed by atoms with Gasteiger partial charge in [-0.2, -0.15) is 0 Å². The van der Waals surface area contributed by atoms with Crippen molar-refractivity contribution in [3.8, 4) is 0 Å². The second kappa shape index (κ2) is 5.46. The zero-order valence-electron chi connectivity index (χ0n) is 9.45. The highest BCUT2D eigenvalue weighted by Crippen LogP contribution is 2.23. The molecule has 0 fully saturated rings. The third kappa shape index (κ3) is 3.05. The lowest BCUT2D eigenvalue weighted by molar-refractivity contribution is 0.102. The SMILES string of the molecule is Cc1ccc(C(=O)Nc2cnc(Cl)c(Br)c2)cn1. The first kappa shape index (κ1) is 13.0. The van der Waals surface area contributed by atoms with Gasteiger partial charge in [0, 0.05) is 11.9 Å². The van der Waals surface area contributed by atoms with Gasteiger partial charge in [0.2, 0.25) is 0 Å². The number of carbonyl (C=O) groups is 1. The topological polar surface area (TPSA) is 54.9 Å². The molecule has 0 bridgehead atoms. The summed E-state index contributed by atoms with van der Waals surface area (Å²) in [5.74, 6) is -0.237. The maximum Gasteiger partial charge on any atom is 0.257 e. The van der Waals surface area contributed by atoms with Crippen LogP contribution in [-0.4, -0.2) is 15.9 Å². The number of anilines is 1. The number of rotatable bonds is 2. The summed E-state index contributed by atoms with van der Waals surface area (Å²) in [6.07, 6.45) is 3.02. The summed E-state index contributed by atoms with van der Waals surface area (Å²) in [6, 6.07) is 5.19. The van der Waals surface area contributed by atoms with Gasteiger partial charge in [0.1, 0.15) is 5.15 Å². The number of hydrogen-bond donors (Lipinski definition) is 1. The van der Waals surface area contributed by atoms with Crippen LogP contribution in [0.25, 0.3) is 0 Å². The molecule has 1 amide bonds. The van der Waals surface area contributed by atoms with Crippen LogP contribution in [0.5, 0.6) is 0 Å². The van der Waals surface area contributed by atoms with Gasteiger partial charge in [-0.3, -0.25) is 9.78 Å². The normalized spacial score (nSPS) is 10.2. The van der Waals surface area contributed by atoms with Gasteiger partial charge in [0.05, 0.1) is 21.9 Å². The average molecular weight is 327 g/mol. The molecule has 0 aliphatic carbocycles. The van der Waals surface area contributed by atoms with Crippen molar-refractivity contribution in [1.29, 1.82) is 0 Å². The van der Waals surface area contributed by atoms with Gasteiger partial charge >= 0.3 is 0 Å². The number of aromatic nitrogens is 2. The molecule has 6 heteroatoms. The van der Waals surface area contributed by atoms with E-state index in [0.29, 0.717) is 20.9 Å². The fourth-order valence-electron chi connectivity index (χ4n) is 1.29. The van der Waals surface area contributed by atoms with Gasteiger partial charge in [0.25, 0.3) is 5.91 Å². The highest BCUT2D eigenvalue weighted by atomic mass is 79.9. The number of hydrogen-bond acceptors (Lipinski definition) is 3. The van der Waals surface area contributed by atoms with E-state index in [9.17, 15) is 4.79 Å². The van der Waals surface area contributed by atoms with Crippen molar-refractivity contribution in [3.05, 3.63) is 51.5 Å². The minimum Gasteiger partial charge on any atom is -0.321 e. The lowest BCUT2D eigenvalue weighted by Gasteiger charge is -2.05. The third-order valence-electron chi connectivity index (χ3n) is 2.23. The first-order chi connectivity index (χ1) is 8.56. The molecule has 0 spiro atoms. The molecule has 18 heavy (non-hydrogen) atoms. The molecule has 92 valence electrons. The van der Waals surface area contributed by atoms with E-state index in [2.05, 4.69) is 31.2 Å². The predicted octanol–water partition coefficient (Wildman–Crippen LogP) is 3.45. The molecular formula is C12H9BrClN3O. The molecule has 0 aromatic carbocycles. The molecule has 0 aliphatic heterocycles. The van der Waals surface area contributed by atoms with Gasteiger partial charge in [-0.05, 0) is 41.1 Å². The smallest absolute Gasteiger partial charge is 0.257 e. The van der Waals surface area contributed by atoms with Gasteiger partial charge in [-0.25, -0.2) is 4.98 Å². The second-order valence-corrected chi connectivity index (χ2v) is 4.85. The lowest BCUT2D eigenvalue weighted by Crippen LogP contribution is -2.12. The van der Waals surface area contributed by atoms with E-state index in [-0.39, 0.29) is 5.91 Å². The summed E-state index contributed by atoms with van der Waals surface area (Å²) in [7, 11) is 0. The molecule has 0 saturated heterocycles. The van der Waals surface area contributed by atoms with Crippen molar-refractivity contribution in [1.82, 2.24) is 9.97 Å². The largest absolute Gasteiger partial charge is 0.321 e. The molecule has 0 unspecified atom stereocenters. The summed E-state index contributed by atoms with van der Waals surface area (Å²) in [4.78, 5) is 19.9. The Kier molecular flexibility index (Phi) is 3.93. The van der Waals surface area contributed by atoms with Crippen LogP contribution in [0.4, 0.5) is 5.69 Å². The summed E-state index contributed by atoms with van der Waals surface area (Å²) >= 11 is 9.01. The molecule has 4 nitrogen and oxygen atoms in total. The monoisotopic (exact) mass is 325 g/mol. The van der Waals surface area contributed by atoms with Crippen LogP contribution in [0.2, 0.25) is 5.15 Å². The van der Waals surface area contributed by atoms with Crippen molar-refractivity contribution in [2.45, 2.75) is 6.92 Å². The average Bonchev–Trinajstić information content (AvgIpc) is 2.34. The Labute approximate surface area is 118 Å². The first-order valence-electron chi connectivity index (χ1n) is 5.11. The van der Waals surface area contributed by atoms with Crippen molar-refractivity contribution in [3.63, 3.8) is 0 Å². The number of halogens is 2. The van der Waals surface area contributed by atoms with E-state index in [0.717, 1.165) is 5.69 Å².